The normalized spacial score (nSPS) is 11.2. The molecule has 0 bridgehead atoms. The maximum atomic E-state index is 12.5. The fourth-order valence-electron chi connectivity index (χ4n) is 5.14. The van der Waals surface area contributed by atoms with E-state index < -0.39 is 30.0 Å². The van der Waals surface area contributed by atoms with Crippen LogP contribution in [0.1, 0.15) is 11.1 Å². The van der Waals surface area contributed by atoms with Crippen LogP contribution in [0.25, 0.3) is 12.2 Å². The first-order valence-electron chi connectivity index (χ1n) is 17.1. The maximum absolute atomic E-state index is 12.5. The van der Waals surface area contributed by atoms with Crippen LogP contribution in [0.5, 0.6) is 0 Å². The number of nitrogens with one attached hydrogen (secondary N) is 6. The van der Waals surface area contributed by atoms with E-state index in [0.717, 1.165) is 12.1 Å². The van der Waals surface area contributed by atoms with E-state index in [1.54, 1.807) is 48.5 Å². The largest absolute Gasteiger partial charge is 1.00 e. The predicted octanol–water partition coefficient (Wildman–Crippen LogP) is -2.17. The Bertz CT molecular complexity index is 2460. The fourth-order valence-corrected chi connectivity index (χ4v) is 6.53. The van der Waals surface area contributed by atoms with Crippen LogP contribution in [0, 0.1) is 0 Å². The minimum absolute atomic E-state index is 0. The molecule has 0 spiro atoms. The number of hydrogen-bond donors (Lipinski definition) is 8. The van der Waals surface area contributed by atoms with Crippen molar-refractivity contribution in [2.24, 2.45) is 0 Å². The summed E-state index contributed by atoms with van der Waals surface area (Å²) in [7, 11) is -10.2. The molecule has 20 nitrogen and oxygen atoms in total. The molecule has 0 amide bonds. The van der Waals surface area contributed by atoms with E-state index in [1.807, 2.05) is 12.1 Å². The molecule has 6 aromatic rings. The van der Waals surface area contributed by atoms with Gasteiger partial charge in [0.2, 0.25) is 35.7 Å². The van der Waals surface area contributed by atoms with Crippen molar-refractivity contribution < 1.29 is 95.3 Å². The average Bonchev–Trinajstić information content (AvgIpc) is 3.19. The van der Waals surface area contributed by atoms with Gasteiger partial charge in [0, 0.05) is 35.8 Å². The molecular formula is C36H34N12Na2O8S2. The molecule has 0 saturated carbocycles. The van der Waals surface area contributed by atoms with Crippen LogP contribution >= 0.6 is 0 Å². The summed E-state index contributed by atoms with van der Waals surface area (Å²) in [4.78, 5) is 24.3. The number of rotatable bonds is 18. The number of para-hydroxylation sites is 2. The summed E-state index contributed by atoms with van der Waals surface area (Å²) in [6.07, 6.45) is 2.36. The van der Waals surface area contributed by atoms with E-state index in [4.69, 9.17) is 0 Å². The molecule has 300 valence electrons. The number of nitrogens with zero attached hydrogens (tertiary/aromatic N) is 6. The Kier molecular flexibility index (Phi) is 17.7. The van der Waals surface area contributed by atoms with E-state index in [0.29, 0.717) is 11.4 Å². The summed E-state index contributed by atoms with van der Waals surface area (Å²) in [6, 6.07) is 25.5. The Hall–Kier alpha value is -4.82. The number of aliphatic hydroxyl groups is 2. The first kappa shape index (κ1) is 47.9. The van der Waals surface area contributed by atoms with Gasteiger partial charge in [-0.25, -0.2) is 16.8 Å². The molecule has 24 heteroatoms. The summed E-state index contributed by atoms with van der Waals surface area (Å²) in [6.45, 7) is -0.168. The van der Waals surface area contributed by atoms with Crippen molar-refractivity contribution in [1.82, 2.24) is 29.9 Å². The third kappa shape index (κ3) is 13.9. The van der Waals surface area contributed by atoms with Crippen LogP contribution in [0.4, 0.5) is 58.4 Å². The van der Waals surface area contributed by atoms with Crippen molar-refractivity contribution in [3.8, 4) is 0 Å². The zero-order valence-electron chi connectivity index (χ0n) is 32.1. The monoisotopic (exact) mass is 872 g/mol. The van der Waals surface area contributed by atoms with E-state index in [1.165, 1.54) is 36.4 Å². The summed E-state index contributed by atoms with van der Waals surface area (Å²) < 4.78 is 74.8. The van der Waals surface area contributed by atoms with Gasteiger partial charge in [-0.15, -0.1) is 0 Å². The Balaban J connectivity index is 0.00000397. The van der Waals surface area contributed by atoms with E-state index in [9.17, 15) is 36.2 Å². The Labute approximate surface area is 389 Å². The van der Waals surface area contributed by atoms with Crippen molar-refractivity contribution in [3.63, 3.8) is 0 Å². The Morgan fingerprint density at radius 2 is 0.783 bits per heavy atom. The molecule has 2 heterocycles. The van der Waals surface area contributed by atoms with E-state index >= 15 is 0 Å². The molecule has 0 saturated heterocycles. The molecular weight excluding hydrogens is 839 g/mol. The van der Waals surface area contributed by atoms with Gasteiger partial charge in [-0.05, 0) is 59.7 Å². The molecule has 60 heavy (non-hydrogen) atoms. The molecule has 0 fully saturated rings. The van der Waals surface area contributed by atoms with Gasteiger partial charge in [0.05, 0.1) is 23.0 Å². The van der Waals surface area contributed by atoms with Crippen molar-refractivity contribution in [2.45, 2.75) is 9.79 Å². The third-order valence-electron chi connectivity index (χ3n) is 7.64. The molecule has 0 aliphatic rings. The molecule has 0 aliphatic carbocycles. The Morgan fingerprint density at radius 1 is 0.467 bits per heavy atom. The van der Waals surface area contributed by atoms with Crippen LogP contribution < -0.4 is 91.0 Å². The first-order valence-corrected chi connectivity index (χ1v) is 20.0. The smallest absolute Gasteiger partial charge is 0.744 e. The second-order valence-corrected chi connectivity index (χ2v) is 14.6. The summed E-state index contributed by atoms with van der Waals surface area (Å²) in [5.41, 5.74) is 1.30. The van der Waals surface area contributed by atoms with Crippen molar-refractivity contribution >= 4 is 90.8 Å². The molecule has 0 aliphatic heterocycles. The van der Waals surface area contributed by atoms with Gasteiger partial charge in [0.25, 0.3) is 0 Å². The summed E-state index contributed by atoms with van der Waals surface area (Å²) in [5, 5.41) is 35.9. The maximum Gasteiger partial charge on any atom is 1.00 e. The van der Waals surface area contributed by atoms with Crippen LogP contribution in [-0.4, -0.2) is 92.4 Å². The summed E-state index contributed by atoms with van der Waals surface area (Å²) in [5.74, 6) is 0.328. The van der Waals surface area contributed by atoms with Gasteiger partial charge in [0.15, 0.2) is 0 Å². The topological polar surface area (TPSA) is 304 Å². The average molecular weight is 873 g/mol. The SMILES string of the molecule is O=S(=O)([O-])c1cc(Nc2nc(NCCO)nc(Nc3ccccc3)n2)ccc1C=Cc1ccc(Nc2nc(NCCO)nc(Nc3ccccc3)n2)cc1S(=O)(=O)[O-].[Na+].[Na+]. The molecule has 2 aromatic heterocycles. The molecule has 6 rings (SSSR count). The fraction of sp³-hybridized carbons (Fsp3) is 0.111. The number of anilines is 10. The van der Waals surface area contributed by atoms with E-state index in [2.05, 4.69) is 61.8 Å². The van der Waals surface area contributed by atoms with Crippen LogP contribution in [0.2, 0.25) is 0 Å². The second-order valence-electron chi connectivity index (χ2n) is 11.9. The molecule has 8 N–H and O–H groups in total. The van der Waals surface area contributed by atoms with E-state index in [-0.39, 0.29) is 144 Å². The zero-order chi connectivity index (χ0) is 41.1. The summed E-state index contributed by atoms with van der Waals surface area (Å²) >= 11 is 0. The molecule has 4 aromatic carbocycles. The van der Waals surface area contributed by atoms with Gasteiger partial charge >= 0.3 is 59.1 Å². The number of hydrogen-bond acceptors (Lipinski definition) is 20. The first-order chi connectivity index (χ1) is 27.9. The van der Waals surface area contributed by atoms with Crippen LogP contribution in [-0.2, 0) is 20.2 Å². The minimum atomic E-state index is -5.11. The molecule has 0 atom stereocenters. The van der Waals surface area contributed by atoms with Crippen molar-refractivity contribution in [3.05, 3.63) is 108 Å². The van der Waals surface area contributed by atoms with Crippen molar-refractivity contribution in [2.75, 3.05) is 58.2 Å². The molecule has 0 radical (unpaired) electrons. The quantitative estimate of drug-likeness (QED) is 0.0259. The number of aliphatic hydroxyl groups excluding tert-OH is 2. The third-order valence-corrected chi connectivity index (χ3v) is 9.43. The van der Waals surface area contributed by atoms with Gasteiger partial charge in [0.1, 0.15) is 20.2 Å². The number of benzene rings is 4. The van der Waals surface area contributed by atoms with Crippen molar-refractivity contribution in [1.29, 1.82) is 0 Å². The van der Waals surface area contributed by atoms with Crippen LogP contribution in [0.15, 0.2) is 107 Å². The van der Waals surface area contributed by atoms with Gasteiger partial charge in [-0.2, -0.15) is 29.9 Å². The van der Waals surface area contributed by atoms with Gasteiger partial charge in [-0.3, -0.25) is 0 Å². The second kappa shape index (κ2) is 22.1. The van der Waals surface area contributed by atoms with Gasteiger partial charge < -0.3 is 51.2 Å². The Morgan fingerprint density at radius 3 is 1.10 bits per heavy atom. The number of aromatic nitrogens is 6. The minimum Gasteiger partial charge on any atom is -0.744 e. The van der Waals surface area contributed by atoms with Crippen LogP contribution in [0.3, 0.4) is 0 Å². The standard InChI is InChI=1S/C36H36N12O8S2.2Na/c49-19-17-37-31-43-33(39-25-7-3-1-4-8-25)47-35(45-31)41-27-15-13-23(29(21-27)57(51,52)53)11-12-24-14-16-28(22-30(24)58(54,55)56)42-36-46-32(38-18-20-50)44-34(48-36)40-26-9-5-2-6-10-26;;/h1-16,21-22,49-50H,17-20H2,(H,51,52,53)(H,54,55,56)(H3,37,39,41,43,45,47)(H3,38,40,42,44,46,48);;/q;2*+1/p-2. The molecule has 0 unspecified atom stereocenters. The van der Waals surface area contributed by atoms with Gasteiger partial charge in [-0.1, -0.05) is 60.7 Å². The predicted molar refractivity (Wildman–Crippen MR) is 215 cm³/mol. The zero-order valence-corrected chi connectivity index (χ0v) is 37.7.